The minimum Gasteiger partial charge on any atom is -0.463 e. The molecule has 0 spiro atoms. The predicted molar refractivity (Wildman–Crippen MR) is 83.1 cm³/mol. The largest absolute Gasteiger partial charge is 0.463 e. The highest BCUT2D eigenvalue weighted by Crippen LogP contribution is 2.47. The molecule has 0 amide bonds. The van der Waals surface area contributed by atoms with Gasteiger partial charge in [0, 0.05) is 15.9 Å². The van der Waals surface area contributed by atoms with E-state index in [2.05, 4.69) is 53.8 Å². The van der Waals surface area contributed by atoms with Crippen molar-refractivity contribution in [2.24, 2.45) is 5.92 Å². The third-order valence-corrected chi connectivity index (χ3v) is 4.51. The van der Waals surface area contributed by atoms with Crippen molar-refractivity contribution in [1.29, 1.82) is 0 Å². The van der Waals surface area contributed by atoms with Gasteiger partial charge in [0.2, 0.25) is 0 Å². The second-order valence-electron chi connectivity index (χ2n) is 5.41. The van der Waals surface area contributed by atoms with Crippen LogP contribution in [0.4, 0.5) is 0 Å². The Labute approximate surface area is 127 Å². The van der Waals surface area contributed by atoms with Crippen molar-refractivity contribution in [3.63, 3.8) is 0 Å². The molecule has 1 aliphatic carbocycles. The lowest BCUT2D eigenvalue weighted by atomic mass is 10.1. The summed E-state index contributed by atoms with van der Waals surface area (Å²) < 4.78 is 6.99. The molecule has 3 atom stereocenters. The Morgan fingerprint density at radius 2 is 1.95 bits per heavy atom. The molecule has 2 nitrogen and oxygen atoms in total. The van der Waals surface area contributed by atoms with Gasteiger partial charge in [-0.25, -0.2) is 0 Å². The summed E-state index contributed by atoms with van der Waals surface area (Å²) in [5, 5.41) is 10.2. The fraction of sp³-hybridized carbons (Fsp3) is 0.375. The number of rotatable bonds is 4. The van der Waals surface area contributed by atoms with Crippen LogP contribution in [-0.2, 0) is 6.42 Å². The molecule has 1 N–H and O–H groups in total. The molecule has 0 radical (unpaired) electrons. The van der Waals surface area contributed by atoms with Gasteiger partial charge in [-0.15, -0.1) is 0 Å². The zero-order chi connectivity index (χ0) is 13.4. The maximum atomic E-state index is 10.2. The molecule has 1 aromatic heterocycles. The first-order chi connectivity index (χ1) is 9.13. The van der Waals surface area contributed by atoms with Crippen LogP contribution in [-0.4, -0.2) is 5.11 Å². The highest BCUT2D eigenvalue weighted by molar-refractivity contribution is 14.1. The Morgan fingerprint density at radius 3 is 2.58 bits per heavy atom. The average Bonchev–Trinajstić information content (AvgIpc) is 2.93. The molecule has 1 saturated carbocycles. The molecule has 3 heteroatoms. The third kappa shape index (κ3) is 3.03. The molecule has 1 aromatic carbocycles. The standard InChI is InChI=1S/C16H17IO2/c1-10-8-13(10)15-6-7-16(19-15)14(18)9-11-2-4-12(17)5-3-11/h2-7,10,13-14,18H,8-9H2,1H3. The van der Waals surface area contributed by atoms with Crippen LogP contribution in [0, 0.1) is 9.49 Å². The SMILES string of the molecule is CC1CC1c1ccc(C(O)Cc2ccc(I)cc2)o1. The number of benzene rings is 1. The molecular weight excluding hydrogens is 351 g/mol. The Hall–Kier alpha value is -0.810. The summed E-state index contributed by atoms with van der Waals surface area (Å²) in [6.07, 6.45) is 1.26. The monoisotopic (exact) mass is 368 g/mol. The van der Waals surface area contributed by atoms with Crippen LogP contribution in [0.2, 0.25) is 0 Å². The van der Waals surface area contributed by atoms with Crippen molar-refractivity contribution in [3.8, 4) is 0 Å². The van der Waals surface area contributed by atoms with Crippen LogP contribution in [0.3, 0.4) is 0 Å². The molecule has 3 rings (SSSR count). The first kappa shape index (κ1) is 13.2. The predicted octanol–water partition coefficient (Wildman–Crippen LogP) is 4.28. The molecule has 2 aromatic rings. The summed E-state index contributed by atoms with van der Waals surface area (Å²) >= 11 is 2.28. The van der Waals surface area contributed by atoms with Gasteiger partial charge < -0.3 is 9.52 Å². The number of hydrogen-bond donors (Lipinski definition) is 1. The van der Waals surface area contributed by atoms with Crippen molar-refractivity contribution in [2.75, 3.05) is 0 Å². The van der Waals surface area contributed by atoms with Gasteiger partial charge in [-0.1, -0.05) is 19.1 Å². The lowest BCUT2D eigenvalue weighted by Crippen LogP contribution is -2.00. The van der Waals surface area contributed by atoms with Gasteiger partial charge in [-0.2, -0.15) is 0 Å². The van der Waals surface area contributed by atoms with Crippen LogP contribution in [0.25, 0.3) is 0 Å². The van der Waals surface area contributed by atoms with E-state index in [-0.39, 0.29) is 0 Å². The molecule has 100 valence electrons. The van der Waals surface area contributed by atoms with E-state index in [4.69, 9.17) is 4.42 Å². The normalized spacial score (nSPS) is 23.3. The van der Waals surface area contributed by atoms with E-state index in [1.165, 1.54) is 9.99 Å². The van der Waals surface area contributed by atoms with Crippen molar-refractivity contribution >= 4 is 22.6 Å². The summed E-state index contributed by atoms with van der Waals surface area (Å²) in [5.74, 6) is 3.02. The van der Waals surface area contributed by atoms with E-state index in [0.29, 0.717) is 18.1 Å². The van der Waals surface area contributed by atoms with Crippen LogP contribution in [0.15, 0.2) is 40.8 Å². The highest BCUT2D eigenvalue weighted by atomic mass is 127. The lowest BCUT2D eigenvalue weighted by molar-refractivity contribution is 0.148. The Morgan fingerprint density at radius 1 is 1.26 bits per heavy atom. The number of aliphatic hydroxyl groups is 1. The van der Waals surface area contributed by atoms with Crippen LogP contribution < -0.4 is 0 Å². The second kappa shape index (κ2) is 5.29. The van der Waals surface area contributed by atoms with E-state index >= 15 is 0 Å². The molecule has 0 aliphatic heterocycles. The van der Waals surface area contributed by atoms with E-state index in [1.54, 1.807) is 0 Å². The smallest absolute Gasteiger partial charge is 0.133 e. The summed E-state index contributed by atoms with van der Waals surface area (Å²) in [7, 11) is 0. The molecule has 1 aliphatic rings. The maximum Gasteiger partial charge on any atom is 0.133 e. The van der Waals surface area contributed by atoms with Gasteiger partial charge in [0.15, 0.2) is 0 Å². The molecule has 19 heavy (non-hydrogen) atoms. The molecule has 1 fully saturated rings. The molecule has 0 bridgehead atoms. The van der Waals surface area contributed by atoms with Gasteiger partial charge in [0.25, 0.3) is 0 Å². The van der Waals surface area contributed by atoms with Crippen LogP contribution >= 0.6 is 22.6 Å². The van der Waals surface area contributed by atoms with Gasteiger partial charge in [-0.3, -0.25) is 0 Å². The Balaban J connectivity index is 1.68. The second-order valence-corrected chi connectivity index (χ2v) is 6.65. The summed E-state index contributed by atoms with van der Waals surface area (Å²) in [6, 6.07) is 12.2. The van der Waals surface area contributed by atoms with Gasteiger partial charge in [-0.05, 0) is 64.8 Å². The Bertz CT molecular complexity index is 558. The van der Waals surface area contributed by atoms with Gasteiger partial charge in [0.1, 0.15) is 17.6 Å². The summed E-state index contributed by atoms with van der Waals surface area (Å²) in [6.45, 7) is 2.23. The quantitative estimate of drug-likeness (QED) is 0.818. The number of aliphatic hydroxyl groups excluding tert-OH is 1. The van der Waals surface area contributed by atoms with Gasteiger partial charge in [0.05, 0.1) is 0 Å². The summed E-state index contributed by atoms with van der Waals surface area (Å²) in [5.41, 5.74) is 1.13. The molecular formula is C16H17IO2. The van der Waals surface area contributed by atoms with Gasteiger partial charge >= 0.3 is 0 Å². The zero-order valence-electron chi connectivity index (χ0n) is 10.8. The Kier molecular flexibility index (Phi) is 3.67. The fourth-order valence-corrected chi connectivity index (χ4v) is 2.77. The fourth-order valence-electron chi connectivity index (χ4n) is 2.41. The highest BCUT2D eigenvalue weighted by Gasteiger charge is 2.36. The molecule has 1 heterocycles. The van der Waals surface area contributed by atoms with Crippen molar-refractivity contribution in [1.82, 2.24) is 0 Å². The minimum atomic E-state index is -0.553. The van der Waals surface area contributed by atoms with Crippen molar-refractivity contribution in [2.45, 2.75) is 31.8 Å². The van der Waals surface area contributed by atoms with E-state index in [9.17, 15) is 5.11 Å². The first-order valence-electron chi connectivity index (χ1n) is 6.65. The molecule has 0 saturated heterocycles. The van der Waals surface area contributed by atoms with Crippen LogP contribution in [0.1, 0.15) is 42.5 Å². The average molecular weight is 368 g/mol. The van der Waals surface area contributed by atoms with E-state index in [0.717, 1.165) is 17.2 Å². The van der Waals surface area contributed by atoms with E-state index in [1.807, 2.05) is 12.1 Å². The number of hydrogen-bond acceptors (Lipinski definition) is 2. The van der Waals surface area contributed by atoms with Crippen molar-refractivity contribution < 1.29 is 9.52 Å². The molecule has 3 unspecified atom stereocenters. The third-order valence-electron chi connectivity index (χ3n) is 3.79. The van der Waals surface area contributed by atoms with Crippen LogP contribution in [0.5, 0.6) is 0 Å². The minimum absolute atomic E-state index is 0.553. The maximum absolute atomic E-state index is 10.2. The summed E-state index contributed by atoms with van der Waals surface area (Å²) in [4.78, 5) is 0. The lowest BCUT2D eigenvalue weighted by Gasteiger charge is -2.08. The first-order valence-corrected chi connectivity index (χ1v) is 7.73. The number of furan rings is 1. The number of halogens is 1. The van der Waals surface area contributed by atoms with E-state index < -0.39 is 6.10 Å². The zero-order valence-corrected chi connectivity index (χ0v) is 13.0. The van der Waals surface area contributed by atoms with Crippen molar-refractivity contribution in [3.05, 3.63) is 57.1 Å². The topological polar surface area (TPSA) is 33.4 Å².